The zero-order valence-corrected chi connectivity index (χ0v) is 8.43. The zero-order chi connectivity index (χ0) is 11.4. The Balaban J connectivity index is 2.22. The fourth-order valence-corrected chi connectivity index (χ4v) is 2.90. The molecule has 0 spiro atoms. The molecule has 2 atom stereocenters. The second-order valence-electron chi connectivity index (χ2n) is 4.39. The van der Waals surface area contributed by atoms with E-state index in [1.807, 2.05) is 0 Å². The fraction of sp³-hybridized carbons (Fsp3) is 0.333. The normalized spacial score (nSPS) is 24.8. The highest BCUT2D eigenvalue weighted by Gasteiger charge is 2.48. The molecular weight excluding hydrogens is 208 g/mol. The summed E-state index contributed by atoms with van der Waals surface area (Å²) in [6.45, 7) is 0. The Morgan fingerprint density at radius 2 is 1.31 bits per heavy atom. The minimum atomic E-state index is -0.960. The Morgan fingerprint density at radius 1 is 0.938 bits per heavy atom. The van der Waals surface area contributed by atoms with Crippen LogP contribution < -0.4 is 0 Å². The van der Waals surface area contributed by atoms with Crippen molar-refractivity contribution in [1.82, 2.24) is 0 Å². The highest BCUT2D eigenvalue weighted by atomic mass is 16.4. The lowest BCUT2D eigenvalue weighted by molar-refractivity contribution is 0.0670. The van der Waals surface area contributed by atoms with Gasteiger partial charge in [0.25, 0.3) is 0 Å². The molecule has 1 fully saturated rings. The lowest BCUT2D eigenvalue weighted by Crippen LogP contribution is -2.37. The summed E-state index contributed by atoms with van der Waals surface area (Å²) >= 11 is 0. The van der Waals surface area contributed by atoms with E-state index in [0.717, 1.165) is 24.0 Å². The smallest absolute Gasteiger partial charge is 0.335 e. The van der Waals surface area contributed by atoms with Crippen LogP contribution in [0.5, 0.6) is 0 Å². The Morgan fingerprint density at radius 3 is 1.56 bits per heavy atom. The molecule has 16 heavy (non-hydrogen) atoms. The average Bonchev–Trinajstić information content (AvgIpc) is 2.17. The number of hydrogen-bond donors (Lipinski definition) is 2. The largest absolute Gasteiger partial charge is 0.478 e. The van der Waals surface area contributed by atoms with Crippen LogP contribution in [0, 0.1) is 0 Å². The van der Waals surface area contributed by atoms with Gasteiger partial charge in [-0.3, -0.25) is 0 Å². The monoisotopic (exact) mass is 218 g/mol. The molecule has 0 aromatic heterocycles. The number of rotatable bonds is 2. The highest BCUT2D eigenvalue weighted by Crippen LogP contribution is 2.61. The summed E-state index contributed by atoms with van der Waals surface area (Å²) in [6, 6.07) is 2.83. The van der Waals surface area contributed by atoms with Gasteiger partial charge in [-0.1, -0.05) is 0 Å². The van der Waals surface area contributed by atoms with E-state index in [2.05, 4.69) is 0 Å². The van der Waals surface area contributed by atoms with Crippen molar-refractivity contribution in [2.75, 3.05) is 0 Å². The molecule has 0 heterocycles. The van der Waals surface area contributed by atoms with Crippen LogP contribution in [0.15, 0.2) is 12.1 Å². The van der Waals surface area contributed by atoms with Crippen molar-refractivity contribution in [3.63, 3.8) is 0 Å². The van der Waals surface area contributed by atoms with E-state index in [9.17, 15) is 9.59 Å². The summed E-state index contributed by atoms with van der Waals surface area (Å²) in [7, 11) is 0. The van der Waals surface area contributed by atoms with E-state index in [-0.39, 0.29) is 11.1 Å². The molecule has 2 unspecified atom stereocenters. The van der Waals surface area contributed by atoms with Crippen LogP contribution in [-0.2, 0) is 0 Å². The van der Waals surface area contributed by atoms with E-state index in [0.29, 0.717) is 11.8 Å². The van der Waals surface area contributed by atoms with Crippen LogP contribution in [0.2, 0.25) is 0 Å². The third kappa shape index (κ3) is 0.939. The molecule has 0 radical (unpaired) electrons. The predicted octanol–water partition coefficient (Wildman–Crippen LogP) is 2.06. The van der Waals surface area contributed by atoms with Crippen LogP contribution in [-0.4, -0.2) is 22.2 Å². The number of fused-ring (bicyclic) bond motifs is 4. The molecule has 0 bridgehead atoms. The summed E-state index contributed by atoms with van der Waals surface area (Å²) in [4.78, 5) is 22.0. The van der Waals surface area contributed by atoms with Crippen LogP contribution in [0.4, 0.5) is 0 Å². The molecule has 1 saturated carbocycles. The first kappa shape index (κ1) is 9.39. The molecule has 2 N–H and O–H groups in total. The summed E-state index contributed by atoms with van der Waals surface area (Å²) in [5, 5.41) is 18.1. The van der Waals surface area contributed by atoms with Gasteiger partial charge in [0.1, 0.15) is 0 Å². The van der Waals surface area contributed by atoms with Crippen molar-refractivity contribution in [2.24, 2.45) is 0 Å². The summed E-state index contributed by atoms with van der Waals surface area (Å²) in [5.74, 6) is -1.34. The second kappa shape index (κ2) is 2.84. The van der Waals surface area contributed by atoms with Gasteiger partial charge >= 0.3 is 11.9 Å². The standard InChI is InChI=1S/C12H10O4/c13-11(14)7-3-4-8(12(15)16)10-6-2-1-5(6)9(7)10/h3-6H,1-2H2,(H,13,14)(H,15,16). The number of carboxylic acid groups (broad SMARTS) is 2. The zero-order valence-electron chi connectivity index (χ0n) is 8.43. The number of aromatic carboxylic acids is 2. The number of carboxylic acids is 2. The van der Waals surface area contributed by atoms with Crippen molar-refractivity contribution in [3.8, 4) is 0 Å². The van der Waals surface area contributed by atoms with Gasteiger partial charge in [0.2, 0.25) is 0 Å². The van der Waals surface area contributed by atoms with Crippen LogP contribution in [0.25, 0.3) is 0 Å². The molecule has 0 amide bonds. The molecule has 3 rings (SSSR count). The minimum absolute atomic E-state index is 0.279. The molecular formula is C12H10O4. The SMILES string of the molecule is O=C(O)c1ccc(C(=O)O)c2c1C1CCC21. The summed E-state index contributed by atoms with van der Waals surface area (Å²) in [5.41, 5.74) is 2.09. The maximum Gasteiger partial charge on any atom is 0.335 e. The second-order valence-corrected chi connectivity index (χ2v) is 4.39. The summed E-state index contributed by atoms with van der Waals surface area (Å²) < 4.78 is 0. The van der Waals surface area contributed by atoms with Crippen LogP contribution in [0.1, 0.15) is 56.5 Å². The average molecular weight is 218 g/mol. The van der Waals surface area contributed by atoms with Crippen LogP contribution in [0.3, 0.4) is 0 Å². The van der Waals surface area contributed by atoms with Crippen molar-refractivity contribution in [2.45, 2.75) is 24.7 Å². The first-order chi connectivity index (χ1) is 7.61. The van der Waals surface area contributed by atoms with Gasteiger partial charge in [0.15, 0.2) is 0 Å². The first-order valence-electron chi connectivity index (χ1n) is 5.24. The fourth-order valence-electron chi connectivity index (χ4n) is 2.90. The molecule has 0 aliphatic heterocycles. The van der Waals surface area contributed by atoms with Gasteiger partial charge in [-0.2, -0.15) is 0 Å². The molecule has 1 aromatic carbocycles. The third-order valence-corrected chi connectivity index (χ3v) is 3.76. The molecule has 82 valence electrons. The van der Waals surface area contributed by atoms with Crippen molar-refractivity contribution >= 4 is 11.9 Å². The first-order valence-corrected chi connectivity index (χ1v) is 5.24. The predicted molar refractivity (Wildman–Crippen MR) is 55.1 cm³/mol. The Labute approximate surface area is 91.5 Å². The van der Waals surface area contributed by atoms with Crippen LogP contribution >= 0.6 is 0 Å². The van der Waals surface area contributed by atoms with E-state index < -0.39 is 11.9 Å². The van der Waals surface area contributed by atoms with Gasteiger partial charge in [-0.15, -0.1) is 0 Å². The lowest BCUT2D eigenvalue weighted by atomic mass is 9.54. The third-order valence-electron chi connectivity index (χ3n) is 3.76. The van der Waals surface area contributed by atoms with E-state index in [1.54, 1.807) is 0 Å². The Bertz CT molecular complexity index is 471. The van der Waals surface area contributed by atoms with Gasteiger partial charge in [-0.05, 0) is 47.9 Å². The van der Waals surface area contributed by atoms with E-state index in [4.69, 9.17) is 10.2 Å². The number of hydrogen-bond acceptors (Lipinski definition) is 2. The highest BCUT2D eigenvalue weighted by molar-refractivity contribution is 5.97. The Hall–Kier alpha value is -1.84. The molecule has 4 nitrogen and oxygen atoms in total. The van der Waals surface area contributed by atoms with Gasteiger partial charge < -0.3 is 10.2 Å². The number of benzene rings is 1. The molecule has 2 aliphatic rings. The molecule has 1 aromatic rings. The van der Waals surface area contributed by atoms with E-state index >= 15 is 0 Å². The lowest BCUT2D eigenvalue weighted by Gasteiger charge is -2.49. The minimum Gasteiger partial charge on any atom is -0.478 e. The van der Waals surface area contributed by atoms with Crippen molar-refractivity contribution in [3.05, 3.63) is 34.4 Å². The maximum absolute atomic E-state index is 11.0. The molecule has 4 heteroatoms. The van der Waals surface area contributed by atoms with Gasteiger partial charge in [0, 0.05) is 0 Å². The molecule has 0 saturated heterocycles. The van der Waals surface area contributed by atoms with Crippen molar-refractivity contribution < 1.29 is 19.8 Å². The summed E-state index contributed by atoms with van der Waals surface area (Å²) in [6.07, 6.45) is 1.97. The number of carbonyl (C=O) groups is 2. The Kier molecular flexibility index (Phi) is 1.67. The van der Waals surface area contributed by atoms with E-state index in [1.165, 1.54) is 12.1 Å². The quantitative estimate of drug-likeness (QED) is 0.796. The van der Waals surface area contributed by atoms with Gasteiger partial charge in [-0.25, -0.2) is 9.59 Å². The molecule has 2 aliphatic carbocycles. The van der Waals surface area contributed by atoms with Gasteiger partial charge in [0.05, 0.1) is 11.1 Å². The topological polar surface area (TPSA) is 74.6 Å². The maximum atomic E-state index is 11.0. The van der Waals surface area contributed by atoms with Crippen molar-refractivity contribution in [1.29, 1.82) is 0 Å².